The van der Waals surface area contributed by atoms with Crippen molar-refractivity contribution in [1.29, 1.82) is 0 Å². The summed E-state index contributed by atoms with van der Waals surface area (Å²) in [7, 11) is 1.00. The molecule has 0 aliphatic carbocycles. The fourth-order valence-corrected chi connectivity index (χ4v) is 0.670. The van der Waals surface area contributed by atoms with E-state index in [1.165, 1.54) is 5.56 Å². The number of aliphatic hydroxyl groups is 1. The quantitative estimate of drug-likeness (QED) is 0.358. The molecule has 0 aliphatic rings. The van der Waals surface area contributed by atoms with Crippen molar-refractivity contribution in [2.75, 3.05) is 12.8 Å². The van der Waals surface area contributed by atoms with Gasteiger partial charge < -0.3 is 10.8 Å². The topological polar surface area (TPSA) is 46.2 Å². The lowest BCUT2D eigenvalue weighted by molar-refractivity contribution is 0.399. The second-order valence-corrected chi connectivity index (χ2v) is 1.91. The average molecular weight is 365 g/mol. The molecule has 3 N–H and O–H groups in total. The molecule has 0 fully saturated rings. The first kappa shape index (κ1) is 75.0. The number of nitrogens with two attached hydrogens (primary N) is 1. The molecule has 3 heteroatoms. The van der Waals surface area contributed by atoms with Crippen LogP contribution in [0.4, 0.5) is 5.69 Å². The molecular weight excluding hydrogens is 305 g/mol. The molecule has 25 heavy (non-hydrogen) atoms. The van der Waals surface area contributed by atoms with Crippen molar-refractivity contribution in [2.45, 2.75) is 106 Å². The summed E-state index contributed by atoms with van der Waals surface area (Å²) in [5.74, 6) is 0. The molecular formula is C22H59BNO. The van der Waals surface area contributed by atoms with Gasteiger partial charge in [-0.15, -0.1) is 0 Å². The first-order chi connectivity index (χ1) is 9.79. The SMILES string of the molecule is C.C.C.C.CC.CC.CC.CC.CC.CO.Cc1cccc(N)c1.[B]. The highest BCUT2D eigenvalue weighted by atomic mass is 16.2. The average Bonchev–Trinajstić information content (AvgIpc) is 2.58. The number of nitrogen functional groups attached to an aromatic ring is 1. The molecule has 0 heterocycles. The lowest BCUT2D eigenvalue weighted by Gasteiger charge is -1.91. The lowest BCUT2D eigenvalue weighted by Crippen LogP contribution is -1.82. The van der Waals surface area contributed by atoms with Crippen LogP contribution in [0, 0.1) is 6.92 Å². The van der Waals surface area contributed by atoms with E-state index in [1.807, 2.05) is 100 Å². The third-order valence-electron chi connectivity index (χ3n) is 1.04. The number of rotatable bonds is 0. The maximum atomic E-state index is 7.00. The van der Waals surface area contributed by atoms with Crippen LogP contribution in [-0.2, 0) is 0 Å². The largest absolute Gasteiger partial charge is 0.400 e. The maximum Gasteiger partial charge on any atom is 0.0319 e. The van der Waals surface area contributed by atoms with Gasteiger partial charge in [0, 0.05) is 21.2 Å². The first-order valence-electron chi connectivity index (χ1n) is 8.06. The summed E-state index contributed by atoms with van der Waals surface area (Å²) < 4.78 is 0. The van der Waals surface area contributed by atoms with Gasteiger partial charge in [0.15, 0.2) is 0 Å². The molecule has 0 bridgehead atoms. The zero-order chi connectivity index (χ0) is 18.0. The lowest BCUT2D eigenvalue weighted by atomic mass is 10.2. The van der Waals surface area contributed by atoms with Gasteiger partial charge in [0.1, 0.15) is 0 Å². The smallest absolute Gasteiger partial charge is 0.0319 e. The molecule has 0 amide bonds. The van der Waals surface area contributed by atoms with Crippen LogP contribution in [0.25, 0.3) is 0 Å². The molecule has 0 aromatic heterocycles. The Morgan fingerprint density at radius 3 is 1.00 bits per heavy atom. The monoisotopic (exact) mass is 364 g/mol. The predicted molar refractivity (Wildman–Crippen MR) is 133 cm³/mol. The van der Waals surface area contributed by atoms with Crippen molar-refractivity contribution in [3.63, 3.8) is 0 Å². The molecule has 0 spiro atoms. The fraction of sp³-hybridized carbons (Fsp3) is 0.727. The molecule has 161 valence electrons. The fourth-order valence-electron chi connectivity index (χ4n) is 0.670. The molecule has 0 aliphatic heterocycles. The van der Waals surface area contributed by atoms with E-state index in [4.69, 9.17) is 10.8 Å². The normalized spacial score (nSPS) is 4.36. The Morgan fingerprint density at radius 1 is 0.640 bits per heavy atom. The van der Waals surface area contributed by atoms with Gasteiger partial charge in [0.05, 0.1) is 0 Å². The molecule has 0 atom stereocenters. The third kappa shape index (κ3) is 125. The van der Waals surface area contributed by atoms with E-state index in [1.54, 1.807) is 0 Å². The van der Waals surface area contributed by atoms with Crippen LogP contribution < -0.4 is 5.73 Å². The molecule has 0 unspecified atom stereocenters. The van der Waals surface area contributed by atoms with Gasteiger partial charge in [-0.25, -0.2) is 0 Å². The number of aliphatic hydroxyl groups excluding tert-OH is 1. The van der Waals surface area contributed by atoms with Crippen molar-refractivity contribution in [2.24, 2.45) is 0 Å². The molecule has 2 nitrogen and oxygen atoms in total. The summed E-state index contributed by atoms with van der Waals surface area (Å²) in [6, 6.07) is 7.80. The van der Waals surface area contributed by atoms with Gasteiger partial charge in [-0.1, -0.05) is 111 Å². The summed E-state index contributed by atoms with van der Waals surface area (Å²) in [6.45, 7) is 22.0. The van der Waals surface area contributed by atoms with Gasteiger partial charge in [0.2, 0.25) is 0 Å². The van der Waals surface area contributed by atoms with Gasteiger partial charge in [0.25, 0.3) is 0 Å². The zero-order valence-corrected chi connectivity index (χ0v) is 16.9. The highest BCUT2D eigenvalue weighted by Gasteiger charge is 1.81. The van der Waals surface area contributed by atoms with Crippen LogP contribution in [0.2, 0.25) is 0 Å². The van der Waals surface area contributed by atoms with Crippen LogP contribution in [0.3, 0.4) is 0 Å². The Morgan fingerprint density at radius 2 is 0.880 bits per heavy atom. The van der Waals surface area contributed by atoms with Gasteiger partial charge in [-0.2, -0.15) is 0 Å². The van der Waals surface area contributed by atoms with E-state index >= 15 is 0 Å². The standard InChI is InChI=1S/C7H9N.5C2H6.CH4O.4CH4.B/c1-6-3-2-4-7(8)5-6;6*1-2;;;;;/h2-5H,8H2,1H3;5*1-2H3;2H,1H3;4*1H4;. The van der Waals surface area contributed by atoms with Crippen LogP contribution in [0.15, 0.2) is 24.3 Å². The Kier molecular flexibility index (Phi) is 411. The number of benzene rings is 1. The number of anilines is 1. The minimum Gasteiger partial charge on any atom is -0.400 e. The molecule has 0 saturated carbocycles. The second kappa shape index (κ2) is 137. The molecule has 3 radical (unpaired) electrons. The third-order valence-corrected chi connectivity index (χ3v) is 1.04. The van der Waals surface area contributed by atoms with E-state index in [2.05, 4.69) is 0 Å². The van der Waals surface area contributed by atoms with Gasteiger partial charge in [-0.05, 0) is 24.6 Å². The summed E-state index contributed by atoms with van der Waals surface area (Å²) in [5.41, 5.74) is 7.51. The van der Waals surface area contributed by atoms with Crippen LogP contribution in [0.5, 0.6) is 0 Å². The number of hydrogen-bond donors (Lipinski definition) is 2. The maximum absolute atomic E-state index is 7.00. The Hall–Kier alpha value is -0.955. The summed E-state index contributed by atoms with van der Waals surface area (Å²) in [5, 5.41) is 7.00. The Balaban J connectivity index is -0.0000000114. The van der Waals surface area contributed by atoms with Crippen LogP contribution >= 0.6 is 0 Å². The molecule has 1 rings (SSSR count). The van der Waals surface area contributed by atoms with E-state index in [0.29, 0.717) is 0 Å². The van der Waals surface area contributed by atoms with Crippen LogP contribution in [-0.4, -0.2) is 20.6 Å². The summed E-state index contributed by atoms with van der Waals surface area (Å²) in [4.78, 5) is 0. The minimum atomic E-state index is 0. The highest BCUT2D eigenvalue weighted by molar-refractivity contribution is 5.75. The first-order valence-corrected chi connectivity index (χ1v) is 8.06. The predicted octanol–water partition coefficient (Wildman–Crippen LogP) is 8.48. The van der Waals surface area contributed by atoms with E-state index < -0.39 is 0 Å². The van der Waals surface area contributed by atoms with E-state index in [9.17, 15) is 0 Å². The Labute approximate surface area is 168 Å². The van der Waals surface area contributed by atoms with Gasteiger partial charge in [-0.3, -0.25) is 0 Å². The van der Waals surface area contributed by atoms with E-state index in [-0.39, 0.29) is 38.1 Å². The highest BCUT2D eigenvalue weighted by Crippen LogP contribution is 2.03. The van der Waals surface area contributed by atoms with Crippen LogP contribution in [0.1, 0.15) is 105 Å². The Bertz CT molecular complexity index is 178. The van der Waals surface area contributed by atoms with Crippen molar-refractivity contribution in [3.05, 3.63) is 29.8 Å². The van der Waals surface area contributed by atoms with Gasteiger partial charge >= 0.3 is 0 Å². The van der Waals surface area contributed by atoms with Crippen molar-refractivity contribution in [3.8, 4) is 0 Å². The zero-order valence-electron chi connectivity index (χ0n) is 16.9. The van der Waals surface area contributed by atoms with Crippen molar-refractivity contribution in [1.82, 2.24) is 0 Å². The number of hydrogen-bond acceptors (Lipinski definition) is 2. The molecule has 1 aromatic carbocycles. The number of aryl methyl sites for hydroxylation is 1. The summed E-state index contributed by atoms with van der Waals surface area (Å²) >= 11 is 0. The minimum absolute atomic E-state index is 0. The van der Waals surface area contributed by atoms with Crippen molar-refractivity contribution >= 4 is 14.1 Å². The molecule has 0 saturated heterocycles. The second-order valence-electron chi connectivity index (χ2n) is 1.91. The summed E-state index contributed by atoms with van der Waals surface area (Å²) in [6.07, 6.45) is 0. The molecule has 1 aromatic rings. The van der Waals surface area contributed by atoms with Crippen molar-refractivity contribution < 1.29 is 5.11 Å². The van der Waals surface area contributed by atoms with E-state index in [0.717, 1.165) is 12.8 Å².